The van der Waals surface area contributed by atoms with Crippen molar-refractivity contribution in [3.63, 3.8) is 0 Å². The number of nitrogens with one attached hydrogen (secondary N) is 2. The summed E-state index contributed by atoms with van der Waals surface area (Å²) >= 11 is 0. The summed E-state index contributed by atoms with van der Waals surface area (Å²) < 4.78 is 0. The molecule has 0 heterocycles. The molecule has 0 aliphatic heterocycles. The van der Waals surface area contributed by atoms with Crippen LogP contribution >= 0.6 is 0 Å². The summed E-state index contributed by atoms with van der Waals surface area (Å²) in [6.07, 6.45) is 7.27. The van der Waals surface area contributed by atoms with Crippen molar-refractivity contribution in [1.29, 1.82) is 0 Å². The zero-order valence-electron chi connectivity index (χ0n) is 17.7. The van der Waals surface area contributed by atoms with Gasteiger partial charge in [0.05, 0.1) is 0 Å². The highest BCUT2D eigenvalue weighted by Crippen LogP contribution is 2.19. The van der Waals surface area contributed by atoms with Gasteiger partial charge in [0.1, 0.15) is 0 Å². The third-order valence-corrected chi connectivity index (χ3v) is 4.78. The first-order chi connectivity index (χ1) is 13.8. The van der Waals surface area contributed by atoms with E-state index in [2.05, 4.69) is 67.1 Å². The standard InChI is InChI=1S/C14H24N2O.C10H15N/c1-2-3-5-10-14(15-11-12-16-17)13-8-6-4-7-9-13;1-2-5-9-6-3-4-7-10(9)8-11/h4,6-9,14-17H,2-3,5,10-12H2,1H3;3-4,6-7H,2,5,8,11H2,1H3. The molecule has 0 aliphatic carbocycles. The van der Waals surface area contributed by atoms with Gasteiger partial charge in [-0.05, 0) is 29.5 Å². The lowest BCUT2D eigenvalue weighted by Gasteiger charge is -2.19. The van der Waals surface area contributed by atoms with Crippen molar-refractivity contribution in [2.75, 3.05) is 13.1 Å². The second-order valence-electron chi connectivity index (χ2n) is 7.04. The zero-order chi connectivity index (χ0) is 20.5. The Labute approximate surface area is 171 Å². The van der Waals surface area contributed by atoms with Gasteiger partial charge in [0.2, 0.25) is 0 Å². The Balaban J connectivity index is 0.000000307. The summed E-state index contributed by atoms with van der Waals surface area (Å²) in [5, 5.41) is 12.0. The van der Waals surface area contributed by atoms with Gasteiger partial charge in [0, 0.05) is 25.7 Å². The van der Waals surface area contributed by atoms with E-state index in [4.69, 9.17) is 10.9 Å². The first-order valence-corrected chi connectivity index (χ1v) is 10.7. The number of hydrogen-bond donors (Lipinski definition) is 4. The van der Waals surface area contributed by atoms with Gasteiger partial charge in [-0.2, -0.15) is 0 Å². The fraction of sp³-hybridized carbons (Fsp3) is 0.500. The first kappa shape index (κ1) is 24.3. The quantitative estimate of drug-likeness (QED) is 0.307. The minimum atomic E-state index is 0.399. The minimum Gasteiger partial charge on any atom is -0.326 e. The van der Waals surface area contributed by atoms with Gasteiger partial charge >= 0.3 is 0 Å². The second kappa shape index (κ2) is 16.3. The Bertz CT molecular complexity index is 594. The molecule has 0 bridgehead atoms. The SMILES string of the molecule is CCCCCC(NCCNO)c1ccccc1.CCCc1ccccc1CN. The van der Waals surface area contributed by atoms with Crippen molar-refractivity contribution in [3.8, 4) is 0 Å². The fourth-order valence-electron chi connectivity index (χ4n) is 3.24. The Hall–Kier alpha value is -1.72. The van der Waals surface area contributed by atoms with E-state index >= 15 is 0 Å². The highest BCUT2D eigenvalue weighted by atomic mass is 16.5. The predicted molar refractivity (Wildman–Crippen MR) is 119 cm³/mol. The largest absolute Gasteiger partial charge is 0.326 e. The molecule has 4 nitrogen and oxygen atoms in total. The van der Waals surface area contributed by atoms with Crippen LogP contribution in [0, 0.1) is 0 Å². The molecule has 1 unspecified atom stereocenters. The lowest BCUT2D eigenvalue weighted by molar-refractivity contribution is 0.166. The van der Waals surface area contributed by atoms with Crippen LogP contribution in [0.5, 0.6) is 0 Å². The summed E-state index contributed by atoms with van der Waals surface area (Å²) in [5.41, 5.74) is 11.8. The van der Waals surface area contributed by atoms with Crippen LogP contribution in [0.2, 0.25) is 0 Å². The molecular formula is C24H39N3O. The minimum absolute atomic E-state index is 0.399. The number of rotatable bonds is 12. The number of nitrogens with two attached hydrogens (primary N) is 1. The first-order valence-electron chi connectivity index (χ1n) is 10.7. The van der Waals surface area contributed by atoms with Gasteiger partial charge in [-0.25, -0.2) is 5.48 Å². The molecule has 0 amide bonds. The summed E-state index contributed by atoms with van der Waals surface area (Å²) in [6.45, 7) is 6.43. The van der Waals surface area contributed by atoms with Crippen molar-refractivity contribution in [3.05, 3.63) is 71.3 Å². The average Bonchev–Trinajstić information content (AvgIpc) is 2.74. The average molecular weight is 386 g/mol. The zero-order valence-corrected chi connectivity index (χ0v) is 17.7. The molecule has 0 fully saturated rings. The van der Waals surface area contributed by atoms with Crippen molar-refractivity contribution < 1.29 is 5.21 Å². The third-order valence-electron chi connectivity index (χ3n) is 4.78. The van der Waals surface area contributed by atoms with Crippen LogP contribution in [-0.2, 0) is 13.0 Å². The van der Waals surface area contributed by atoms with Gasteiger partial charge < -0.3 is 16.3 Å². The highest BCUT2D eigenvalue weighted by molar-refractivity contribution is 5.26. The van der Waals surface area contributed by atoms with Crippen LogP contribution < -0.4 is 16.5 Å². The van der Waals surface area contributed by atoms with Gasteiger partial charge in [-0.15, -0.1) is 0 Å². The summed E-state index contributed by atoms with van der Waals surface area (Å²) in [6, 6.07) is 19.3. The van der Waals surface area contributed by atoms with Gasteiger partial charge in [0.25, 0.3) is 0 Å². The van der Waals surface area contributed by atoms with E-state index in [1.165, 1.54) is 42.4 Å². The Morgan fingerprint density at radius 3 is 2.14 bits per heavy atom. The molecule has 2 aromatic carbocycles. The Morgan fingerprint density at radius 2 is 1.54 bits per heavy atom. The van der Waals surface area contributed by atoms with E-state index in [9.17, 15) is 0 Å². The maximum atomic E-state index is 8.57. The molecule has 0 aliphatic rings. The van der Waals surface area contributed by atoms with Crippen LogP contribution in [-0.4, -0.2) is 18.3 Å². The monoisotopic (exact) mass is 385 g/mol. The topological polar surface area (TPSA) is 70.3 Å². The molecule has 0 saturated heterocycles. The van der Waals surface area contributed by atoms with Gasteiger partial charge in [0.15, 0.2) is 0 Å². The third kappa shape index (κ3) is 10.00. The Morgan fingerprint density at radius 1 is 0.857 bits per heavy atom. The lowest BCUT2D eigenvalue weighted by Crippen LogP contribution is -2.29. The summed E-state index contributed by atoms with van der Waals surface area (Å²) in [4.78, 5) is 0. The molecule has 28 heavy (non-hydrogen) atoms. The van der Waals surface area contributed by atoms with Gasteiger partial charge in [-0.3, -0.25) is 0 Å². The van der Waals surface area contributed by atoms with Crippen molar-refractivity contribution in [1.82, 2.24) is 10.8 Å². The van der Waals surface area contributed by atoms with E-state index in [-0.39, 0.29) is 0 Å². The van der Waals surface area contributed by atoms with E-state index < -0.39 is 0 Å². The van der Waals surface area contributed by atoms with E-state index in [1.54, 1.807) is 0 Å². The highest BCUT2D eigenvalue weighted by Gasteiger charge is 2.09. The normalized spacial score (nSPS) is 11.6. The molecule has 0 radical (unpaired) electrons. The smallest absolute Gasteiger partial charge is 0.0332 e. The molecule has 156 valence electrons. The molecule has 0 saturated carbocycles. The molecular weight excluding hydrogens is 346 g/mol. The van der Waals surface area contributed by atoms with Crippen LogP contribution in [0.3, 0.4) is 0 Å². The number of aryl methyl sites for hydroxylation is 1. The number of hydroxylamine groups is 1. The molecule has 1 atom stereocenters. The van der Waals surface area contributed by atoms with Crippen LogP contribution in [0.1, 0.15) is 68.7 Å². The van der Waals surface area contributed by atoms with Crippen LogP contribution in [0.15, 0.2) is 54.6 Å². The fourth-order valence-corrected chi connectivity index (χ4v) is 3.24. The maximum absolute atomic E-state index is 8.57. The molecule has 0 spiro atoms. The van der Waals surface area contributed by atoms with Crippen LogP contribution in [0.4, 0.5) is 0 Å². The molecule has 2 aromatic rings. The van der Waals surface area contributed by atoms with E-state index in [1.807, 2.05) is 12.1 Å². The van der Waals surface area contributed by atoms with Crippen molar-refractivity contribution in [2.24, 2.45) is 5.73 Å². The van der Waals surface area contributed by atoms with Crippen LogP contribution in [0.25, 0.3) is 0 Å². The van der Waals surface area contributed by atoms with E-state index in [0.29, 0.717) is 19.1 Å². The maximum Gasteiger partial charge on any atom is 0.0332 e. The molecule has 4 heteroatoms. The summed E-state index contributed by atoms with van der Waals surface area (Å²) in [5.74, 6) is 0. The second-order valence-corrected chi connectivity index (χ2v) is 7.04. The Kier molecular flexibility index (Phi) is 14.1. The van der Waals surface area contributed by atoms with Gasteiger partial charge in [-0.1, -0.05) is 94.1 Å². The van der Waals surface area contributed by atoms with E-state index in [0.717, 1.165) is 19.4 Å². The van der Waals surface area contributed by atoms with Crippen molar-refractivity contribution in [2.45, 2.75) is 65.0 Å². The molecule has 5 N–H and O–H groups in total. The lowest BCUT2D eigenvalue weighted by atomic mass is 10.0. The molecule has 2 rings (SSSR count). The summed E-state index contributed by atoms with van der Waals surface area (Å²) in [7, 11) is 0. The predicted octanol–water partition coefficient (Wildman–Crippen LogP) is 4.97. The number of hydrogen-bond acceptors (Lipinski definition) is 4. The van der Waals surface area contributed by atoms with Crippen molar-refractivity contribution >= 4 is 0 Å². The molecule has 0 aromatic heterocycles. The number of unbranched alkanes of at least 4 members (excludes halogenated alkanes) is 2. The number of benzene rings is 2.